The second-order valence-electron chi connectivity index (χ2n) is 5.57. The van der Waals surface area contributed by atoms with Crippen LogP contribution in [0.1, 0.15) is 13.8 Å². The molecule has 0 amide bonds. The average molecular weight is 265 g/mol. The van der Waals surface area contributed by atoms with E-state index in [1.165, 1.54) is 0 Å². The maximum Gasteiger partial charge on any atom is 0.121 e. The fourth-order valence-electron chi connectivity index (χ4n) is 2.02. The molecule has 1 aromatic rings. The van der Waals surface area contributed by atoms with Gasteiger partial charge in [-0.25, -0.2) is 0 Å². The van der Waals surface area contributed by atoms with Gasteiger partial charge in [0.2, 0.25) is 0 Å². The molecule has 0 aliphatic heterocycles. The Kier molecular flexibility index (Phi) is 5.96. The first-order valence-corrected chi connectivity index (χ1v) is 6.77. The third kappa shape index (κ3) is 4.99. The number of hydrogen-bond donors (Lipinski definition) is 1. The highest BCUT2D eigenvalue weighted by molar-refractivity contribution is 5.69. The van der Waals surface area contributed by atoms with E-state index in [0.717, 1.165) is 36.8 Å². The summed E-state index contributed by atoms with van der Waals surface area (Å²) in [7, 11) is 5.84. The van der Waals surface area contributed by atoms with Crippen molar-refractivity contribution in [3.63, 3.8) is 0 Å². The van der Waals surface area contributed by atoms with Crippen LogP contribution < -0.4 is 15.4 Å². The molecule has 1 rings (SSSR count). The third-order valence-electron chi connectivity index (χ3n) is 2.98. The Morgan fingerprint density at radius 1 is 1.21 bits per heavy atom. The predicted molar refractivity (Wildman–Crippen MR) is 83.0 cm³/mol. The van der Waals surface area contributed by atoms with E-state index in [1.807, 2.05) is 18.2 Å². The number of hydrogen-bond acceptors (Lipinski definition) is 4. The molecule has 0 aliphatic rings. The summed E-state index contributed by atoms with van der Waals surface area (Å²) in [6, 6.07) is 5.90. The predicted octanol–water partition coefficient (Wildman–Crippen LogP) is 2.30. The molecule has 0 unspecified atom stereocenters. The number of likely N-dealkylation sites (N-methyl/N-ethyl adjacent to an activating group) is 1. The SMILES string of the molecule is COc1ccc(N(CCN(C)C)CC(C)C)c(N)c1. The Morgan fingerprint density at radius 3 is 2.37 bits per heavy atom. The van der Waals surface area contributed by atoms with Gasteiger partial charge in [-0.15, -0.1) is 0 Å². The first-order chi connectivity index (χ1) is 8.93. The number of nitrogens with zero attached hydrogens (tertiary/aromatic N) is 2. The minimum Gasteiger partial charge on any atom is -0.497 e. The number of anilines is 2. The first kappa shape index (κ1) is 15.6. The van der Waals surface area contributed by atoms with Crippen molar-refractivity contribution in [3.8, 4) is 5.75 Å². The van der Waals surface area contributed by atoms with Gasteiger partial charge in [-0.05, 0) is 32.1 Å². The smallest absolute Gasteiger partial charge is 0.121 e. The minimum atomic E-state index is 0.601. The van der Waals surface area contributed by atoms with Crippen LogP contribution in [0.3, 0.4) is 0 Å². The number of benzene rings is 1. The molecule has 0 saturated carbocycles. The number of rotatable bonds is 7. The summed E-state index contributed by atoms with van der Waals surface area (Å²) in [5.74, 6) is 1.40. The highest BCUT2D eigenvalue weighted by Gasteiger charge is 2.12. The molecule has 4 heteroatoms. The van der Waals surface area contributed by atoms with Gasteiger partial charge in [0.1, 0.15) is 5.75 Å². The van der Waals surface area contributed by atoms with Crippen molar-refractivity contribution in [1.82, 2.24) is 4.90 Å². The first-order valence-electron chi connectivity index (χ1n) is 6.77. The fourth-order valence-corrected chi connectivity index (χ4v) is 2.02. The molecule has 0 fully saturated rings. The summed E-state index contributed by atoms with van der Waals surface area (Å²) in [6.07, 6.45) is 0. The second kappa shape index (κ2) is 7.24. The van der Waals surface area contributed by atoms with Crippen LogP contribution in [-0.4, -0.2) is 45.7 Å². The largest absolute Gasteiger partial charge is 0.497 e. The van der Waals surface area contributed by atoms with E-state index in [4.69, 9.17) is 10.5 Å². The van der Waals surface area contributed by atoms with Crippen LogP contribution in [-0.2, 0) is 0 Å². The standard InChI is InChI=1S/C15H27N3O/c1-12(2)11-18(9-8-17(3)4)15-7-6-13(19-5)10-14(15)16/h6-7,10,12H,8-9,11,16H2,1-5H3. The molecular weight excluding hydrogens is 238 g/mol. The van der Waals surface area contributed by atoms with Gasteiger partial charge in [0.05, 0.1) is 18.5 Å². The molecule has 0 saturated heterocycles. The van der Waals surface area contributed by atoms with Crippen LogP contribution >= 0.6 is 0 Å². The molecule has 19 heavy (non-hydrogen) atoms. The Morgan fingerprint density at radius 2 is 1.89 bits per heavy atom. The van der Waals surface area contributed by atoms with Crippen LogP contribution in [0.25, 0.3) is 0 Å². The van der Waals surface area contributed by atoms with Gasteiger partial charge in [-0.2, -0.15) is 0 Å². The molecule has 0 radical (unpaired) electrons. The number of methoxy groups -OCH3 is 1. The molecule has 0 aliphatic carbocycles. The van der Waals surface area contributed by atoms with E-state index >= 15 is 0 Å². The Hall–Kier alpha value is -1.42. The second-order valence-corrected chi connectivity index (χ2v) is 5.57. The van der Waals surface area contributed by atoms with E-state index in [2.05, 4.69) is 37.7 Å². The maximum absolute atomic E-state index is 6.14. The third-order valence-corrected chi connectivity index (χ3v) is 2.98. The van der Waals surface area contributed by atoms with Crippen molar-refractivity contribution >= 4 is 11.4 Å². The summed E-state index contributed by atoms with van der Waals surface area (Å²) in [5.41, 5.74) is 8.02. The van der Waals surface area contributed by atoms with Crippen LogP contribution in [0.15, 0.2) is 18.2 Å². The van der Waals surface area contributed by atoms with Crippen LogP contribution in [0.4, 0.5) is 11.4 Å². The highest BCUT2D eigenvalue weighted by atomic mass is 16.5. The number of ether oxygens (including phenoxy) is 1. The summed E-state index contributed by atoms with van der Waals surface area (Å²) in [4.78, 5) is 4.53. The average Bonchev–Trinajstić information content (AvgIpc) is 2.34. The molecule has 0 aromatic heterocycles. The van der Waals surface area contributed by atoms with Gasteiger partial charge in [-0.3, -0.25) is 0 Å². The van der Waals surface area contributed by atoms with Gasteiger partial charge in [-0.1, -0.05) is 13.8 Å². The molecular formula is C15H27N3O. The van der Waals surface area contributed by atoms with Crippen molar-refractivity contribution in [1.29, 1.82) is 0 Å². The molecule has 4 nitrogen and oxygen atoms in total. The Bertz CT molecular complexity index is 391. The van der Waals surface area contributed by atoms with Gasteiger partial charge in [0, 0.05) is 25.7 Å². The topological polar surface area (TPSA) is 41.7 Å². The molecule has 1 aromatic carbocycles. The molecule has 2 N–H and O–H groups in total. The Balaban J connectivity index is 2.89. The quantitative estimate of drug-likeness (QED) is 0.768. The zero-order valence-corrected chi connectivity index (χ0v) is 12.8. The zero-order chi connectivity index (χ0) is 14.4. The Labute approximate surface area is 117 Å². The van der Waals surface area contributed by atoms with E-state index in [0.29, 0.717) is 5.92 Å². The van der Waals surface area contributed by atoms with E-state index < -0.39 is 0 Å². The van der Waals surface area contributed by atoms with Crippen LogP contribution in [0.2, 0.25) is 0 Å². The lowest BCUT2D eigenvalue weighted by molar-refractivity contribution is 0.408. The van der Waals surface area contributed by atoms with Crippen molar-refractivity contribution in [3.05, 3.63) is 18.2 Å². The lowest BCUT2D eigenvalue weighted by Gasteiger charge is -2.29. The zero-order valence-electron chi connectivity index (χ0n) is 12.8. The molecule has 0 bridgehead atoms. The number of nitrogens with two attached hydrogens (primary N) is 1. The molecule has 0 heterocycles. The van der Waals surface area contributed by atoms with Crippen LogP contribution in [0.5, 0.6) is 5.75 Å². The monoisotopic (exact) mass is 265 g/mol. The van der Waals surface area contributed by atoms with Crippen molar-refractivity contribution in [2.24, 2.45) is 5.92 Å². The van der Waals surface area contributed by atoms with E-state index in [-0.39, 0.29) is 0 Å². The summed E-state index contributed by atoms with van der Waals surface area (Å²) in [5, 5.41) is 0. The van der Waals surface area contributed by atoms with Gasteiger partial charge >= 0.3 is 0 Å². The van der Waals surface area contributed by atoms with Crippen molar-refractivity contribution < 1.29 is 4.74 Å². The highest BCUT2D eigenvalue weighted by Crippen LogP contribution is 2.28. The van der Waals surface area contributed by atoms with Crippen LogP contribution in [0, 0.1) is 5.92 Å². The summed E-state index contributed by atoms with van der Waals surface area (Å²) < 4.78 is 5.20. The lowest BCUT2D eigenvalue weighted by atomic mass is 10.1. The fraction of sp³-hybridized carbons (Fsp3) is 0.600. The normalized spacial score (nSPS) is 11.1. The van der Waals surface area contributed by atoms with Gasteiger partial charge < -0.3 is 20.3 Å². The molecule has 108 valence electrons. The minimum absolute atomic E-state index is 0.601. The number of nitrogen functional groups attached to an aromatic ring is 1. The van der Waals surface area contributed by atoms with E-state index in [1.54, 1.807) is 7.11 Å². The van der Waals surface area contributed by atoms with E-state index in [9.17, 15) is 0 Å². The summed E-state index contributed by atoms with van der Waals surface area (Å²) >= 11 is 0. The van der Waals surface area contributed by atoms with Crippen molar-refractivity contribution in [2.75, 3.05) is 51.5 Å². The van der Waals surface area contributed by atoms with Crippen molar-refractivity contribution in [2.45, 2.75) is 13.8 Å². The van der Waals surface area contributed by atoms with Gasteiger partial charge in [0.15, 0.2) is 0 Å². The maximum atomic E-state index is 6.14. The van der Waals surface area contributed by atoms with Gasteiger partial charge in [0.25, 0.3) is 0 Å². The molecule has 0 spiro atoms. The lowest BCUT2D eigenvalue weighted by Crippen LogP contribution is -2.34. The summed E-state index contributed by atoms with van der Waals surface area (Å²) in [6.45, 7) is 7.44. The molecule has 0 atom stereocenters.